The van der Waals surface area contributed by atoms with Crippen LogP contribution in [0.25, 0.3) is 23.0 Å². The summed E-state index contributed by atoms with van der Waals surface area (Å²) in [5.74, 6) is 0.874. The summed E-state index contributed by atoms with van der Waals surface area (Å²) in [6.45, 7) is 0. The Labute approximate surface area is 100 Å². The molecule has 0 aliphatic rings. The highest BCUT2D eigenvalue weighted by atomic mass is 32.1. The maximum Gasteiger partial charge on any atom is 0.277 e. The van der Waals surface area contributed by atoms with Gasteiger partial charge in [-0.1, -0.05) is 5.16 Å². The summed E-state index contributed by atoms with van der Waals surface area (Å²) in [5, 5.41) is 6.13. The van der Waals surface area contributed by atoms with Gasteiger partial charge in [-0.15, -0.1) is 11.3 Å². The maximum absolute atomic E-state index is 5.54. The highest BCUT2D eigenvalue weighted by Crippen LogP contribution is 2.23. The summed E-state index contributed by atoms with van der Waals surface area (Å²) in [7, 11) is 0. The second kappa shape index (κ2) is 3.95. The molecule has 2 N–H and O–H groups in total. The average molecular weight is 245 g/mol. The SMILES string of the molecule is Nc1nc(-c2nc(-c3ccncc3)no2)cs1. The molecule has 0 aromatic carbocycles. The van der Waals surface area contributed by atoms with Crippen molar-refractivity contribution in [1.29, 1.82) is 0 Å². The van der Waals surface area contributed by atoms with Crippen molar-refractivity contribution in [3.8, 4) is 23.0 Å². The Balaban J connectivity index is 1.99. The number of pyridine rings is 1. The highest BCUT2D eigenvalue weighted by molar-refractivity contribution is 7.13. The van der Waals surface area contributed by atoms with Crippen LogP contribution >= 0.6 is 11.3 Å². The minimum Gasteiger partial charge on any atom is -0.375 e. The summed E-state index contributed by atoms with van der Waals surface area (Å²) in [6.07, 6.45) is 3.35. The van der Waals surface area contributed by atoms with Gasteiger partial charge in [0.2, 0.25) is 5.82 Å². The van der Waals surface area contributed by atoms with E-state index in [0.717, 1.165) is 5.56 Å². The van der Waals surface area contributed by atoms with Crippen LogP contribution in [-0.4, -0.2) is 20.1 Å². The van der Waals surface area contributed by atoms with Crippen LogP contribution in [0.2, 0.25) is 0 Å². The van der Waals surface area contributed by atoms with Crippen LogP contribution in [0, 0.1) is 0 Å². The molecule has 0 bridgehead atoms. The number of anilines is 1. The van der Waals surface area contributed by atoms with Gasteiger partial charge in [-0.2, -0.15) is 4.98 Å². The van der Waals surface area contributed by atoms with Crippen molar-refractivity contribution in [3.05, 3.63) is 29.9 Å². The van der Waals surface area contributed by atoms with Crippen molar-refractivity contribution in [1.82, 2.24) is 20.1 Å². The second-order valence-electron chi connectivity index (χ2n) is 3.23. The molecular formula is C10H7N5OS. The Bertz CT molecular complexity index is 633. The van der Waals surface area contributed by atoms with Gasteiger partial charge in [-0.25, -0.2) is 4.98 Å². The molecule has 7 heteroatoms. The van der Waals surface area contributed by atoms with Crippen LogP contribution in [0.3, 0.4) is 0 Å². The van der Waals surface area contributed by atoms with Crippen molar-refractivity contribution in [2.24, 2.45) is 0 Å². The summed E-state index contributed by atoms with van der Waals surface area (Å²) in [6, 6.07) is 3.62. The quantitative estimate of drug-likeness (QED) is 0.740. The first-order valence-corrected chi connectivity index (χ1v) is 5.66. The third-order valence-electron chi connectivity index (χ3n) is 2.11. The van der Waals surface area contributed by atoms with Gasteiger partial charge in [-0.05, 0) is 12.1 Å². The minimum atomic E-state index is 0.366. The fourth-order valence-electron chi connectivity index (χ4n) is 1.33. The molecule has 3 rings (SSSR count). The van der Waals surface area contributed by atoms with E-state index in [1.165, 1.54) is 11.3 Å². The molecule has 17 heavy (non-hydrogen) atoms. The third-order valence-corrected chi connectivity index (χ3v) is 2.78. The molecule has 3 aromatic rings. The Morgan fingerprint density at radius 3 is 2.71 bits per heavy atom. The summed E-state index contributed by atoms with van der Waals surface area (Å²) < 4.78 is 5.13. The first kappa shape index (κ1) is 9.91. The van der Waals surface area contributed by atoms with Gasteiger partial charge < -0.3 is 10.3 Å². The van der Waals surface area contributed by atoms with E-state index in [-0.39, 0.29) is 0 Å². The van der Waals surface area contributed by atoms with Crippen LogP contribution in [0.1, 0.15) is 0 Å². The smallest absolute Gasteiger partial charge is 0.277 e. The zero-order valence-electron chi connectivity index (χ0n) is 8.57. The summed E-state index contributed by atoms with van der Waals surface area (Å²) in [4.78, 5) is 12.2. The summed E-state index contributed by atoms with van der Waals surface area (Å²) >= 11 is 1.33. The molecule has 0 amide bonds. The molecule has 0 radical (unpaired) electrons. The molecule has 0 aliphatic heterocycles. The van der Waals surface area contributed by atoms with E-state index >= 15 is 0 Å². The number of aromatic nitrogens is 4. The predicted molar refractivity (Wildman–Crippen MR) is 63.0 cm³/mol. The number of thiazole rings is 1. The Hall–Kier alpha value is -2.28. The van der Waals surface area contributed by atoms with Crippen molar-refractivity contribution < 1.29 is 4.52 Å². The first-order valence-electron chi connectivity index (χ1n) is 4.78. The van der Waals surface area contributed by atoms with E-state index in [9.17, 15) is 0 Å². The van der Waals surface area contributed by atoms with Crippen molar-refractivity contribution >= 4 is 16.5 Å². The molecule has 0 saturated carbocycles. The summed E-state index contributed by atoms with van der Waals surface area (Å²) in [5.41, 5.74) is 6.99. The molecule has 0 aliphatic carbocycles. The maximum atomic E-state index is 5.54. The molecule has 0 atom stereocenters. The minimum absolute atomic E-state index is 0.366. The van der Waals surface area contributed by atoms with Crippen molar-refractivity contribution in [3.63, 3.8) is 0 Å². The number of rotatable bonds is 2. The Morgan fingerprint density at radius 1 is 1.18 bits per heavy atom. The van der Waals surface area contributed by atoms with Gasteiger partial charge in [0, 0.05) is 23.3 Å². The van der Waals surface area contributed by atoms with Gasteiger partial charge in [0.15, 0.2) is 5.13 Å². The van der Waals surface area contributed by atoms with E-state index in [4.69, 9.17) is 10.3 Å². The lowest BCUT2D eigenvalue weighted by Crippen LogP contribution is -1.83. The van der Waals surface area contributed by atoms with Crippen molar-refractivity contribution in [2.75, 3.05) is 5.73 Å². The van der Waals surface area contributed by atoms with Gasteiger partial charge in [0.05, 0.1) is 0 Å². The molecule has 3 heterocycles. The fraction of sp³-hybridized carbons (Fsp3) is 0. The van der Waals surface area contributed by atoms with E-state index in [2.05, 4.69) is 20.1 Å². The average Bonchev–Trinajstić information content (AvgIpc) is 2.98. The van der Waals surface area contributed by atoms with E-state index in [0.29, 0.717) is 22.5 Å². The monoisotopic (exact) mass is 245 g/mol. The number of nitrogen functional groups attached to an aromatic ring is 1. The molecular weight excluding hydrogens is 238 g/mol. The topological polar surface area (TPSA) is 90.7 Å². The molecule has 3 aromatic heterocycles. The Kier molecular flexibility index (Phi) is 2.30. The molecule has 6 nitrogen and oxygen atoms in total. The molecule has 84 valence electrons. The van der Waals surface area contributed by atoms with E-state index in [1.807, 2.05) is 12.1 Å². The third kappa shape index (κ3) is 1.87. The lowest BCUT2D eigenvalue weighted by Gasteiger charge is -1.89. The first-order chi connectivity index (χ1) is 8.33. The number of nitrogens with zero attached hydrogens (tertiary/aromatic N) is 4. The van der Waals surface area contributed by atoms with Gasteiger partial charge >= 0.3 is 0 Å². The van der Waals surface area contributed by atoms with Gasteiger partial charge in [-0.3, -0.25) is 4.98 Å². The number of hydrogen-bond acceptors (Lipinski definition) is 7. The van der Waals surface area contributed by atoms with E-state index in [1.54, 1.807) is 17.8 Å². The van der Waals surface area contributed by atoms with Crippen LogP contribution in [0.5, 0.6) is 0 Å². The lowest BCUT2D eigenvalue weighted by molar-refractivity contribution is 0.431. The molecule has 0 fully saturated rings. The van der Waals surface area contributed by atoms with Crippen LogP contribution in [0.4, 0.5) is 5.13 Å². The predicted octanol–water partition coefficient (Wildman–Crippen LogP) is 1.84. The van der Waals surface area contributed by atoms with Crippen LogP contribution < -0.4 is 5.73 Å². The lowest BCUT2D eigenvalue weighted by atomic mass is 10.2. The number of nitrogens with two attached hydrogens (primary N) is 1. The van der Waals surface area contributed by atoms with Crippen LogP contribution in [-0.2, 0) is 0 Å². The van der Waals surface area contributed by atoms with Crippen LogP contribution in [0.15, 0.2) is 34.4 Å². The molecule has 0 unspecified atom stereocenters. The van der Waals surface area contributed by atoms with Gasteiger partial charge in [0.25, 0.3) is 5.89 Å². The Morgan fingerprint density at radius 2 is 2.00 bits per heavy atom. The largest absolute Gasteiger partial charge is 0.375 e. The molecule has 0 saturated heterocycles. The fourth-order valence-corrected chi connectivity index (χ4v) is 1.87. The second-order valence-corrected chi connectivity index (χ2v) is 4.12. The van der Waals surface area contributed by atoms with Crippen molar-refractivity contribution in [2.45, 2.75) is 0 Å². The highest BCUT2D eigenvalue weighted by Gasteiger charge is 2.12. The van der Waals surface area contributed by atoms with Gasteiger partial charge in [0.1, 0.15) is 5.69 Å². The zero-order valence-corrected chi connectivity index (χ0v) is 9.39. The normalized spacial score (nSPS) is 10.6. The molecule has 0 spiro atoms. The van der Waals surface area contributed by atoms with E-state index < -0.39 is 0 Å². The standard InChI is InChI=1S/C10H7N5OS/c11-10-13-7(5-17-10)9-14-8(15-16-9)6-1-3-12-4-2-6/h1-5H,(H2,11,13). The number of hydrogen-bond donors (Lipinski definition) is 1. The zero-order chi connectivity index (χ0) is 11.7.